The first-order valence-electron chi connectivity index (χ1n) is 7.61. The minimum atomic E-state index is -0.909. The number of ether oxygens (including phenoxy) is 1. The predicted molar refractivity (Wildman–Crippen MR) is 76.5 cm³/mol. The van der Waals surface area contributed by atoms with E-state index in [4.69, 9.17) is 4.74 Å². The number of carbonyl (C=O) groups is 2. The van der Waals surface area contributed by atoms with E-state index in [1.807, 2.05) is 20.8 Å². The molecular weight excluding hydrogens is 258 g/mol. The van der Waals surface area contributed by atoms with Crippen molar-refractivity contribution in [3.8, 4) is 0 Å². The standard InChI is InChI=1S/C15H27NO4/c1-4-15(5-2,14(18)19)11-13(17)16-9-7-12(8-10-16)20-6-3/h12H,4-11H2,1-3H3,(H,18,19). The molecule has 0 spiro atoms. The van der Waals surface area contributed by atoms with Gasteiger partial charge >= 0.3 is 5.97 Å². The van der Waals surface area contributed by atoms with Crippen LogP contribution < -0.4 is 0 Å². The zero-order chi connectivity index (χ0) is 15.2. The van der Waals surface area contributed by atoms with E-state index in [0.29, 0.717) is 32.5 Å². The van der Waals surface area contributed by atoms with Crippen molar-refractivity contribution in [2.75, 3.05) is 19.7 Å². The summed E-state index contributed by atoms with van der Waals surface area (Å²) in [5, 5.41) is 9.39. The Morgan fingerprint density at radius 3 is 2.15 bits per heavy atom. The van der Waals surface area contributed by atoms with Crippen molar-refractivity contribution in [3.63, 3.8) is 0 Å². The van der Waals surface area contributed by atoms with Crippen molar-refractivity contribution in [2.45, 2.75) is 59.0 Å². The van der Waals surface area contributed by atoms with E-state index in [9.17, 15) is 14.7 Å². The van der Waals surface area contributed by atoms with Crippen molar-refractivity contribution >= 4 is 11.9 Å². The third-order valence-electron chi connectivity index (χ3n) is 4.49. The van der Waals surface area contributed by atoms with E-state index in [-0.39, 0.29) is 18.4 Å². The Morgan fingerprint density at radius 1 is 1.20 bits per heavy atom. The second kappa shape index (κ2) is 7.62. The molecule has 0 aromatic heterocycles. The monoisotopic (exact) mass is 285 g/mol. The van der Waals surface area contributed by atoms with Crippen molar-refractivity contribution in [2.24, 2.45) is 5.41 Å². The molecule has 0 saturated carbocycles. The number of likely N-dealkylation sites (tertiary alicyclic amines) is 1. The molecule has 0 aliphatic carbocycles. The number of hydrogen-bond acceptors (Lipinski definition) is 3. The third kappa shape index (κ3) is 3.95. The summed E-state index contributed by atoms with van der Waals surface area (Å²) in [4.78, 5) is 25.6. The van der Waals surface area contributed by atoms with E-state index in [2.05, 4.69) is 0 Å². The van der Waals surface area contributed by atoms with Crippen molar-refractivity contribution < 1.29 is 19.4 Å². The molecule has 1 N–H and O–H groups in total. The maximum atomic E-state index is 12.3. The van der Waals surface area contributed by atoms with Gasteiger partial charge in [-0.05, 0) is 32.6 Å². The lowest BCUT2D eigenvalue weighted by molar-refractivity contribution is -0.155. The molecule has 0 radical (unpaired) electrons. The van der Waals surface area contributed by atoms with Crippen molar-refractivity contribution in [3.05, 3.63) is 0 Å². The Balaban J connectivity index is 2.57. The van der Waals surface area contributed by atoms with E-state index in [1.165, 1.54) is 0 Å². The van der Waals surface area contributed by atoms with Crippen LogP contribution in [0.15, 0.2) is 0 Å². The quantitative estimate of drug-likeness (QED) is 0.779. The number of piperidine rings is 1. The Bertz CT molecular complexity index is 331. The van der Waals surface area contributed by atoms with Crippen LogP contribution in [0.1, 0.15) is 52.9 Å². The van der Waals surface area contributed by atoms with Crippen LogP contribution in [0.2, 0.25) is 0 Å². The molecule has 1 saturated heterocycles. The molecule has 1 aliphatic rings. The molecule has 0 bridgehead atoms. The molecule has 0 aromatic rings. The fourth-order valence-corrected chi connectivity index (χ4v) is 2.79. The number of hydrogen-bond donors (Lipinski definition) is 1. The number of amides is 1. The van der Waals surface area contributed by atoms with Crippen LogP contribution in [-0.2, 0) is 14.3 Å². The number of aliphatic carboxylic acids is 1. The molecule has 1 fully saturated rings. The van der Waals surface area contributed by atoms with Gasteiger partial charge in [-0.15, -0.1) is 0 Å². The van der Waals surface area contributed by atoms with E-state index in [1.54, 1.807) is 4.90 Å². The van der Waals surface area contributed by atoms with Crippen LogP contribution in [0, 0.1) is 5.41 Å². The van der Waals surface area contributed by atoms with Gasteiger partial charge in [0.25, 0.3) is 0 Å². The highest BCUT2D eigenvalue weighted by Crippen LogP contribution is 2.32. The van der Waals surface area contributed by atoms with Gasteiger partial charge in [0.15, 0.2) is 0 Å². The van der Waals surface area contributed by atoms with Crippen LogP contribution in [0.3, 0.4) is 0 Å². The second-order valence-corrected chi connectivity index (χ2v) is 5.50. The molecule has 0 atom stereocenters. The number of carbonyl (C=O) groups excluding carboxylic acids is 1. The van der Waals surface area contributed by atoms with Gasteiger partial charge in [0.05, 0.1) is 11.5 Å². The Labute approximate surface area is 121 Å². The Hall–Kier alpha value is -1.10. The summed E-state index contributed by atoms with van der Waals surface area (Å²) < 4.78 is 5.56. The maximum absolute atomic E-state index is 12.3. The molecule has 20 heavy (non-hydrogen) atoms. The number of carboxylic acids is 1. The average Bonchev–Trinajstić information content (AvgIpc) is 2.45. The molecule has 1 heterocycles. The Kier molecular flexibility index (Phi) is 6.46. The number of rotatable bonds is 7. The maximum Gasteiger partial charge on any atom is 0.310 e. The first-order valence-corrected chi connectivity index (χ1v) is 7.61. The fraction of sp³-hybridized carbons (Fsp3) is 0.867. The van der Waals surface area contributed by atoms with Gasteiger partial charge in [0, 0.05) is 26.1 Å². The van der Waals surface area contributed by atoms with Crippen LogP contribution >= 0.6 is 0 Å². The van der Waals surface area contributed by atoms with E-state index >= 15 is 0 Å². The summed E-state index contributed by atoms with van der Waals surface area (Å²) in [6, 6.07) is 0. The lowest BCUT2D eigenvalue weighted by Gasteiger charge is -2.34. The van der Waals surface area contributed by atoms with Gasteiger partial charge in [-0.1, -0.05) is 13.8 Å². The lowest BCUT2D eigenvalue weighted by atomic mass is 9.79. The highest BCUT2D eigenvalue weighted by molar-refractivity contribution is 5.85. The minimum absolute atomic E-state index is 0.0361. The highest BCUT2D eigenvalue weighted by atomic mass is 16.5. The largest absolute Gasteiger partial charge is 0.481 e. The topological polar surface area (TPSA) is 66.8 Å². The summed E-state index contributed by atoms with van der Waals surface area (Å²) in [5.74, 6) is -0.897. The third-order valence-corrected chi connectivity index (χ3v) is 4.49. The van der Waals surface area contributed by atoms with Crippen molar-refractivity contribution in [1.82, 2.24) is 4.90 Å². The minimum Gasteiger partial charge on any atom is -0.481 e. The van der Waals surface area contributed by atoms with Gasteiger partial charge in [0.1, 0.15) is 0 Å². The summed E-state index contributed by atoms with van der Waals surface area (Å²) in [5.41, 5.74) is -0.909. The SMILES string of the molecule is CCOC1CCN(C(=O)CC(CC)(CC)C(=O)O)CC1. The van der Waals surface area contributed by atoms with Crippen LogP contribution in [0.4, 0.5) is 0 Å². The summed E-state index contributed by atoms with van der Waals surface area (Å²) in [6.45, 7) is 7.70. The Morgan fingerprint density at radius 2 is 1.75 bits per heavy atom. The number of carboxylic acid groups (broad SMARTS) is 1. The lowest BCUT2D eigenvalue weighted by Crippen LogP contribution is -2.44. The molecule has 5 nitrogen and oxygen atoms in total. The van der Waals surface area contributed by atoms with E-state index < -0.39 is 11.4 Å². The van der Waals surface area contributed by atoms with Gasteiger partial charge in [-0.3, -0.25) is 9.59 Å². The predicted octanol–water partition coefficient (Wildman–Crippen LogP) is 2.29. The molecule has 1 amide bonds. The van der Waals surface area contributed by atoms with Crippen LogP contribution in [0.25, 0.3) is 0 Å². The first kappa shape index (κ1) is 17.0. The molecule has 1 rings (SSSR count). The molecular formula is C15H27NO4. The average molecular weight is 285 g/mol. The summed E-state index contributed by atoms with van der Waals surface area (Å²) in [6.07, 6.45) is 3.01. The zero-order valence-corrected chi connectivity index (χ0v) is 12.9. The van der Waals surface area contributed by atoms with Gasteiger partial charge in [-0.25, -0.2) is 0 Å². The smallest absolute Gasteiger partial charge is 0.310 e. The highest BCUT2D eigenvalue weighted by Gasteiger charge is 2.38. The number of nitrogens with zero attached hydrogens (tertiary/aromatic N) is 1. The summed E-state index contributed by atoms with van der Waals surface area (Å²) in [7, 11) is 0. The molecule has 0 unspecified atom stereocenters. The van der Waals surface area contributed by atoms with Gasteiger partial charge in [0.2, 0.25) is 5.91 Å². The van der Waals surface area contributed by atoms with E-state index in [0.717, 1.165) is 12.8 Å². The van der Waals surface area contributed by atoms with Gasteiger partial charge < -0.3 is 14.7 Å². The molecule has 1 aliphatic heterocycles. The zero-order valence-electron chi connectivity index (χ0n) is 12.9. The van der Waals surface area contributed by atoms with Crippen molar-refractivity contribution in [1.29, 1.82) is 0 Å². The van der Waals surface area contributed by atoms with Crippen LogP contribution in [-0.4, -0.2) is 47.7 Å². The van der Waals surface area contributed by atoms with Crippen LogP contribution in [0.5, 0.6) is 0 Å². The molecule has 5 heteroatoms. The molecule has 0 aromatic carbocycles. The second-order valence-electron chi connectivity index (χ2n) is 5.50. The normalized spacial score (nSPS) is 17.2. The first-order chi connectivity index (χ1) is 9.49. The fourth-order valence-electron chi connectivity index (χ4n) is 2.79. The molecule has 116 valence electrons. The summed E-state index contributed by atoms with van der Waals surface area (Å²) >= 11 is 0. The van der Waals surface area contributed by atoms with Gasteiger partial charge in [-0.2, -0.15) is 0 Å².